The first kappa shape index (κ1) is 14.9. The van der Waals surface area contributed by atoms with Crippen LogP contribution in [-0.4, -0.2) is 33.3 Å². The molecule has 110 valence electrons. The molecule has 1 aromatic heterocycles. The molecule has 0 bridgehead atoms. The van der Waals surface area contributed by atoms with Crippen molar-refractivity contribution in [2.24, 2.45) is 0 Å². The van der Waals surface area contributed by atoms with Gasteiger partial charge in [-0.15, -0.1) is 10.2 Å². The molecule has 0 radical (unpaired) electrons. The molecule has 0 aliphatic rings. The van der Waals surface area contributed by atoms with Crippen LogP contribution in [0.4, 0.5) is 9.93 Å². The molecule has 1 heterocycles. The fourth-order valence-corrected chi connectivity index (χ4v) is 2.28. The minimum absolute atomic E-state index is 0.207. The molecule has 0 spiro atoms. The molecule has 1 aromatic carbocycles. The Labute approximate surface area is 125 Å². The zero-order valence-electron chi connectivity index (χ0n) is 11.2. The normalized spacial score (nSPS) is 11.7. The van der Waals surface area contributed by atoms with E-state index < -0.39 is 18.0 Å². The van der Waals surface area contributed by atoms with E-state index in [4.69, 9.17) is 0 Å². The molecule has 1 unspecified atom stereocenters. The molecule has 0 saturated heterocycles. The third-order valence-corrected chi connectivity index (χ3v) is 3.39. The van der Waals surface area contributed by atoms with Crippen molar-refractivity contribution in [1.82, 2.24) is 15.5 Å². The number of rotatable bonds is 5. The van der Waals surface area contributed by atoms with Crippen molar-refractivity contribution in [2.45, 2.75) is 19.4 Å². The zero-order chi connectivity index (χ0) is 15.2. The Morgan fingerprint density at radius 2 is 2.00 bits per heavy atom. The van der Waals surface area contributed by atoms with E-state index in [0.717, 1.165) is 5.56 Å². The van der Waals surface area contributed by atoms with Crippen molar-refractivity contribution in [2.75, 3.05) is 5.32 Å². The summed E-state index contributed by atoms with van der Waals surface area (Å²) < 4.78 is 0. The number of benzene rings is 1. The summed E-state index contributed by atoms with van der Waals surface area (Å²) in [6.07, 6.45) is 0.207. The summed E-state index contributed by atoms with van der Waals surface area (Å²) in [5.41, 5.74) is 0.831. The van der Waals surface area contributed by atoms with E-state index in [1.54, 1.807) is 6.92 Å². The van der Waals surface area contributed by atoms with Crippen LogP contribution in [0.5, 0.6) is 0 Å². The molecule has 8 heteroatoms. The Balaban J connectivity index is 1.96. The molecule has 1 atom stereocenters. The van der Waals surface area contributed by atoms with Crippen LogP contribution < -0.4 is 10.6 Å². The average Bonchev–Trinajstić information content (AvgIpc) is 2.84. The van der Waals surface area contributed by atoms with Gasteiger partial charge in [0, 0.05) is 6.42 Å². The maximum atomic E-state index is 11.8. The van der Waals surface area contributed by atoms with Gasteiger partial charge in [0.1, 0.15) is 11.0 Å². The van der Waals surface area contributed by atoms with Crippen LogP contribution in [-0.2, 0) is 11.2 Å². The van der Waals surface area contributed by atoms with Crippen LogP contribution in [0.3, 0.4) is 0 Å². The van der Waals surface area contributed by atoms with Crippen LogP contribution in [0.25, 0.3) is 0 Å². The number of carboxylic acids is 1. The highest BCUT2D eigenvalue weighted by Gasteiger charge is 2.20. The lowest BCUT2D eigenvalue weighted by Gasteiger charge is -2.14. The predicted molar refractivity (Wildman–Crippen MR) is 78.4 cm³/mol. The van der Waals surface area contributed by atoms with Crippen LogP contribution >= 0.6 is 11.3 Å². The minimum atomic E-state index is -1.09. The fourth-order valence-electron chi connectivity index (χ4n) is 1.69. The first-order valence-electron chi connectivity index (χ1n) is 6.19. The average molecular weight is 306 g/mol. The third kappa shape index (κ3) is 4.53. The zero-order valence-corrected chi connectivity index (χ0v) is 12.1. The highest BCUT2D eigenvalue weighted by atomic mass is 32.1. The van der Waals surface area contributed by atoms with Crippen molar-refractivity contribution in [3.05, 3.63) is 40.9 Å². The molecule has 2 amide bonds. The van der Waals surface area contributed by atoms with Crippen molar-refractivity contribution >= 4 is 28.5 Å². The van der Waals surface area contributed by atoms with Crippen LogP contribution in [0.2, 0.25) is 0 Å². The summed E-state index contributed by atoms with van der Waals surface area (Å²) in [7, 11) is 0. The molecule has 2 rings (SSSR count). The van der Waals surface area contributed by atoms with E-state index in [2.05, 4.69) is 20.8 Å². The molecule has 2 aromatic rings. The highest BCUT2D eigenvalue weighted by Crippen LogP contribution is 2.13. The number of nitrogens with zero attached hydrogens (tertiary/aromatic N) is 2. The molecular formula is C13H14N4O3S. The summed E-state index contributed by atoms with van der Waals surface area (Å²) in [5, 5.41) is 22.6. The number of amides is 2. The van der Waals surface area contributed by atoms with Crippen LogP contribution in [0, 0.1) is 6.92 Å². The number of carbonyl (C=O) groups excluding carboxylic acids is 1. The summed E-state index contributed by atoms with van der Waals surface area (Å²) in [5.74, 6) is -1.09. The number of hydrogen-bond donors (Lipinski definition) is 3. The summed E-state index contributed by atoms with van der Waals surface area (Å²) >= 11 is 1.21. The number of aliphatic carboxylic acids is 1. The molecule has 0 fully saturated rings. The van der Waals surface area contributed by atoms with E-state index in [1.807, 2.05) is 30.3 Å². The third-order valence-electron chi connectivity index (χ3n) is 2.63. The maximum absolute atomic E-state index is 11.8. The van der Waals surface area contributed by atoms with Crippen molar-refractivity contribution in [3.8, 4) is 0 Å². The van der Waals surface area contributed by atoms with Gasteiger partial charge in [-0.1, -0.05) is 41.7 Å². The molecule has 3 N–H and O–H groups in total. The topological polar surface area (TPSA) is 104 Å². The van der Waals surface area contributed by atoms with Crippen molar-refractivity contribution < 1.29 is 14.7 Å². The fraction of sp³-hybridized carbons (Fsp3) is 0.231. The summed E-state index contributed by atoms with van der Waals surface area (Å²) in [4.78, 5) is 23.0. The highest BCUT2D eigenvalue weighted by molar-refractivity contribution is 7.15. The number of carboxylic acid groups (broad SMARTS) is 1. The molecule has 0 saturated carbocycles. The Morgan fingerprint density at radius 1 is 1.29 bits per heavy atom. The molecule has 0 aliphatic heterocycles. The van der Waals surface area contributed by atoms with E-state index in [0.29, 0.717) is 10.1 Å². The lowest BCUT2D eigenvalue weighted by molar-refractivity contribution is -0.139. The first-order chi connectivity index (χ1) is 10.0. The first-order valence-corrected chi connectivity index (χ1v) is 7.00. The quantitative estimate of drug-likeness (QED) is 0.779. The van der Waals surface area contributed by atoms with Gasteiger partial charge in [0.15, 0.2) is 0 Å². The lowest BCUT2D eigenvalue weighted by Crippen LogP contribution is -2.44. The molecule has 7 nitrogen and oxygen atoms in total. The molecular weight excluding hydrogens is 292 g/mol. The van der Waals surface area contributed by atoms with Gasteiger partial charge in [0.25, 0.3) is 0 Å². The number of carbonyl (C=O) groups is 2. The second kappa shape index (κ2) is 6.80. The van der Waals surface area contributed by atoms with Crippen LogP contribution in [0.1, 0.15) is 10.6 Å². The SMILES string of the molecule is Cc1nnc(NC(=O)NC(Cc2ccccc2)C(=O)O)s1. The number of aryl methyl sites for hydroxylation is 1. The lowest BCUT2D eigenvalue weighted by atomic mass is 10.1. The van der Waals surface area contributed by atoms with Gasteiger partial charge in [0.2, 0.25) is 5.13 Å². The second-order valence-corrected chi connectivity index (χ2v) is 5.49. The van der Waals surface area contributed by atoms with Gasteiger partial charge in [-0.25, -0.2) is 9.59 Å². The minimum Gasteiger partial charge on any atom is -0.480 e. The van der Waals surface area contributed by atoms with Gasteiger partial charge in [0.05, 0.1) is 0 Å². The smallest absolute Gasteiger partial charge is 0.326 e. The van der Waals surface area contributed by atoms with E-state index in [9.17, 15) is 14.7 Å². The van der Waals surface area contributed by atoms with Crippen molar-refractivity contribution in [3.63, 3.8) is 0 Å². The van der Waals surface area contributed by atoms with Crippen LogP contribution in [0.15, 0.2) is 30.3 Å². The second-order valence-electron chi connectivity index (χ2n) is 4.31. The maximum Gasteiger partial charge on any atom is 0.326 e. The Kier molecular flexibility index (Phi) is 4.83. The largest absolute Gasteiger partial charge is 0.480 e. The Morgan fingerprint density at radius 3 is 2.57 bits per heavy atom. The Hall–Kier alpha value is -2.48. The van der Waals surface area contributed by atoms with E-state index in [1.165, 1.54) is 11.3 Å². The molecule has 0 aliphatic carbocycles. The van der Waals surface area contributed by atoms with E-state index >= 15 is 0 Å². The van der Waals surface area contributed by atoms with Gasteiger partial charge >= 0.3 is 12.0 Å². The van der Waals surface area contributed by atoms with E-state index in [-0.39, 0.29) is 6.42 Å². The van der Waals surface area contributed by atoms with Crippen molar-refractivity contribution in [1.29, 1.82) is 0 Å². The standard InChI is InChI=1S/C13H14N4O3S/c1-8-16-17-13(21-8)15-12(20)14-10(11(18)19)7-9-5-3-2-4-6-9/h2-6,10H,7H2,1H3,(H,18,19)(H2,14,15,17,20). The Bertz CT molecular complexity index is 629. The number of anilines is 1. The summed E-state index contributed by atoms with van der Waals surface area (Å²) in [6, 6.07) is 7.47. The monoisotopic (exact) mass is 306 g/mol. The molecule has 21 heavy (non-hydrogen) atoms. The predicted octanol–water partition coefficient (Wildman–Crippen LogP) is 1.66. The number of aromatic nitrogens is 2. The van der Waals surface area contributed by atoms with Gasteiger partial charge in [-0.05, 0) is 12.5 Å². The summed E-state index contributed by atoms with van der Waals surface area (Å²) in [6.45, 7) is 1.76. The van der Waals surface area contributed by atoms with Gasteiger partial charge in [-0.3, -0.25) is 5.32 Å². The number of nitrogens with one attached hydrogen (secondary N) is 2. The number of hydrogen-bond acceptors (Lipinski definition) is 5. The number of urea groups is 1. The van der Waals surface area contributed by atoms with Gasteiger partial charge < -0.3 is 10.4 Å². The van der Waals surface area contributed by atoms with Gasteiger partial charge in [-0.2, -0.15) is 0 Å².